The summed E-state index contributed by atoms with van der Waals surface area (Å²) in [5, 5.41) is 13.5. The van der Waals surface area contributed by atoms with E-state index in [9.17, 15) is 4.79 Å². The number of carbonyl (C=O) groups is 1. The van der Waals surface area contributed by atoms with Gasteiger partial charge in [0.1, 0.15) is 5.75 Å². The lowest BCUT2D eigenvalue weighted by molar-refractivity contribution is -0.121. The Morgan fingerprint density at radius 3 is 2.78 bits per heavy atom. The van der Waals surface area contributed by atoms with Crippen molar-refractivity contribution in [1.29, 1.82) is 0 Å². The second kappa shape index (κ2) is 11.6. The molecule has 32 heavy (non-hydrogen) atoms. The van der Waals surface area contributed by atoms with Gasteiger partial charge in [0.15, 0.2) is 11.0 Å². The van der Waals surface area contributed by atoms with Crippen LogP contribution in [0, 0.1) is 0 Å². The van der Waals surface area contributed by atoms with Gasteiger partial charge in [-0.2, -0.15) is 0 Å². The maximum absolute atomic E-state index is 12.3. The minimum Gasteiger partial charge on any atom is -0.497 e. The molecule has 1 heterocycles. The fraction of sp³-hybridized carbons (Fsp3) is 0.348. The van der Waals surface area contributed by atoms with E-state index >= 15 is 0 Å². The lowest BCUT2D eigenvalue weighted by Crippen LogP contribution is -2.28. The molecular weight excluding hydrogens is 467 g/mol. The number of carbonyl (C=O) groups excluding carboxylic acids is 1. The van der Waals surface area contributed by atoms with E-state index in [-0.39, 0.29) is 11.9 Å². The fourth-order valence-corrected chi connectivity index (χ4v) is 4.43. The number of benzene rings is 2. The Labute approximate surface area is 202 Å². The Morgan fingerprint density at radius 2 is 2.03 bits per heavy atom. The highest BCUT2D eigenvalue weighted by Crippen LogP contribution is 2.32. The molecule has 0 fully saturated rings. The number of methoxy groups -OCH3 is 1. The van der Waals surface area contributed by atoms with Crippen molar-refractivity contribution in [2.75, 3.05) is 7.11 Å². The van der Waals surface area contributed by atoms with Gasteiger partial charge in [0.05, 0.1) is 23.9 Å². The third kappa shape index (κ3) is 6.18. The van der Waals surface area contributed by atoms with Gasteiger partial charge >= 0.3 is 0 Å². The van der Waals surface area contributed by atoms with E-state index in [0.717, 1.165) is 24.2 Å². The molecule has 9 heteroatoms. The Bertz CT molecular complexity index is 1070. The largest absolute Gasteiger partial charge is 0.497 e. The van der Waals surface area contributed by atoms with Crippen molar-refractivity contribution in [3.8, 4) is 11.4 Å². The first kappa shape index (κ1) is 24.4. The Morgan fingerprint density at radius 1 is 1.22 bits per heavy atom. The van der Waals surface area contributed by atoms with Crippen LogP contribution in [0.4, 0.5) is 0 Å². The highest BCUT2D eigenvalue weighted by molar-refractivity contribution is 7.98. The molecule has 1 N–H and O–H groups in total. The van der Waals surface area contributed by atoms with Crippen molar-refractivity contribution in [2.45, 2.75) is 50.1 Å². The molecule has 1 aromatic heterocycles. The third-order valence-corrected chi connectivity index (χ3v) is 6.39. The molecule has 170 valence electrons. The van der Waals surface area contributed by atoms with Gasteiger partial charge in [0.2, 0.25) is 5.91 Å². The Balaban J connectivity index is 1.93. The summed E-state index contributed by atoms with van der Waals surface area (Å²) in [6.07, 6.45) is 2.28. The van der Waals surface area contributed by atoms with Gasteiger partial charge in [-0.15, -0.1) is 10.2 Å². The summed E-state index contributed by atoms with van der Waals surface area (Å²) in [6, 6.07) is 12.8. The molecule has 0 aliphatic rings. The number of thioether (sulfide) groups is 1. The number of hydrogen-bond acceptors (Lipinski definition) is 5. The normalized spacial score (nSPS) is 11.9. The molecule has 0 aliphatic carbocycles. The van der Waals surface area contributed by atoms with Gasteiger partial charge in [-0.1, -0.05) is 60.4 Å². The minimum atomic E-state index is -0.354. The van der Waals surface area contributed by atoms with Crippen molar-refractivity contribution in [3.05, 3.63) is 63.9 Å². The zero-order valence-corrected chi connectivity index (χ0v) is 20.6. The molecule has 1 atom stereocenters. The van der Waals surface area contributed by atoms with Gasteiger partial charge in [0.25, 0.3) is 0 Å². The first-order chi connectivity index (χ1) is 15.4. The number of aromatic nitrogens is 3. The lowest BCUT2D eigenvalue weighted by Gasteiger charge is -2.17. The van der Waals surface area contributed by atoms with Crippen LogP contribution < -0.4 is 10.1 Å². The van der Waals surface area contributed by atoms with Crippen LogP contribution >= 0.6 is 35.0 Å². The maximum Gasteiger partial charge on any atom is 0.220 e. The van der Waals surface area contributed by atoms with Crippen molar-refractivity contribution in [3.63, 3.8) is 0 Å². The summed E-state index contributed by atoms with van der Waals surface area (Å²) in [6.45, 7) is 3.94. The average molecular weight is 493 g/mol. The van der Waals surface area contributed by atoms with Crippen LogP contribution in [0.3, 0.4) is 0 Å². The minimum absolute atomic E-state index is 0.0170. The van der Waals surface area contributed by atoms with Crippen LogP contribution in [0.5, 0.6) is 5.75 Å². The second-order valence-corrected chi connectivity index (χ2v) is 9.09. The predicted molar refractivity (Wildman–Crippen MR) is 130 cm³/mol. The molecule has 3 rings (SSSR count). The van der Waals surface area contributed by atoms with E-state index in [1.807, 2.05) is 35.8 Å². The molecule has 6 nitrogen and oxygen atoms in total. The molecule has 0 saturated heterocycles. The number of rotatable bonds is 10. The molecular formula is C23H26Cl2N4O2S. The fourth-order valence-electron chi connectivity index (χ4n) is 3.16. The predicted octanol–water partition coefficient (Wildman–Crippen LogP) is 6.24. The molecule has 0 spiro atoms. The number of nitrogens with one attached hydrogen (secondary N) is 1. The first-order valence-electron chi connectivity index (χ1n) is 10.4. The number of halogens is 2. The third-order valence-electron chi connectivity index (χ3n) is 4.83. The average Bonchev–Trinajstić information content (AvgIpc) is 3.22. The van der Waals surface area contributed by atoms with E-state index in [2.05, 4.69) is 22.4 Å². The summed E-state index contributed by atoms with van der Waals surface area (Å²) < 4.78 is 7.18. The number of hydrogen-bond donors (Lipinski definition) is 1. The van der Waals surface area contributed by atoms with Crippen LogP contribution in [-0.4, -0.2) is 27.8 Å². The summed E-state index contributed by atoms with van der Waals surface area (Å²) in [5.41, 5.74) is 1.76. The van der Waals surface area contributed by atoms with Crippen LogP contribution in [0.15, 0.2) is 47.6 Å². The number of amides is 1. The van der Waals surface area contributed by atoms with Crippen molar-refractivity contribution < 1.29 is 9.53 Å². The van der Waals surface area contributed by atoms with Crippen LogP contribution in [0.1, 0.15) is 50.5 Å². The van der Waals surface area contributed by atoms with Crippen molar-refractivity contribution >= 4 is 40.9 Å². The highest BCUT2D eigenvalue weighted by Gasteiger charge is 2.22. The Hall–Kier alpha value is -2.22. The van der Waals surface area contributed by atoms with E-state index in [1.54, 1.807) is 25.3 Å². The molecule has 0 radical (unpaired) electrons. The second-order valence-electron chi connectivity index (χ2n) is 7.30. The van der Waals surface area contributed by atoms with Gasteiger partial charge < -0.3 is 10.1 Å². The molecule has 1 amide bonds. The van der Waals surface area contributed by atoms with E-state index in [1.165, 1.54) is 11.8 Å². The summed E-state index contributed by atoms with van der Waals surface area (Å²) in [5.74, 6) is 2.03. The van der Waals surface area contributed by atoms with Crippen molar-refractivity contribution in [1.82, 2.24) is 20.1 Å². The quantitative estimate of drug-likeness (QED) is 0.339. The van der Waals surface area contributed by atoms with Crippen LogP contribution in [-0.2, 0) is 10.5 Å². The van der Waals surface area contributed by atoms with Crippen LogP contribution in [0.2, 0.25) is 10.0 Å². The molecule has 3 aromatic rings. The zero-order chi connectivity index (χ0) is 23.1. The lowest BCUT2D eigenvalue weighted by atomic mass is 10.2. The monoisotopic (exact) mass is 492 g/mol. The summed E-state index contributed by atoms with van der Waals surface area (Å²) >= 11 is 14.3. The van der Waals surface area contributed by atoms with E-state index < -0.39 is 0 Å². The molecule has 0 aliphatic heterocycles. The smallest absolute Gasteiger partial charge is 0.220 e. The topological polar surface area (TPSA) is 69.0 Å². The zero-order valence-electron chi connectivity index (χ0n) is 18.3. The maximum atomic E-state index is 12.3. The molecule has 0 bridgehead atoms. The van der Waals surface area contributed by atoms with Gasteiger partial charge in [0, 0.05) is 17.2 Å². The van der Waals surface area contributed by atoms with Gasteiger partial charge in [-0.05, 0) is 49.2 Å². The van der Waals surface area contributed by atoms with Crippen LogP contribution in [0.25, 0.3) is 5.69 Å². The molecule has 2 aromatic carbocycles. The standard InChI is InChI=1S/C23H26Cl2N4O2S/c1-4-5-9-21(30)26-15(2)22-27-28-23(29(22)20-13-17(24)10-11-19(20)25)32-14-16-7-6-8-18(12-16)31-3/h6-8,10-13,15H,4-5,9,14H2,1-3H3,(H,26,30). The first-order valence-corrected chi connectivity index (χ1v) is 12.1. The number of nitrogens with zero attached hydrogens (tertiary/aromatic N) is 3. The Kier molecular flexibility index (Phi) is 8.84. The van der Waals surface area contributed by atoms with Gasteiger partial charge in [-0.25, -0.2) is 0 Å². The molecule has 0 saturated carbocycles. The van der Waals surface area contributed by atoms with E-state index in [0.29, 0.717) is 38.9 Å². The molecule has 1 unspecified atom stereocenters. The van der Waals surface area contributed by atoms with Crippen molar-refractivity contribution in [2.24, 2.45) is 0 Å². The summed E-state index contributed by atoms with van der Waals surface area (Å²) in [7, 11) is 1.65. The van der Waals surface area contributed by atoms with E-state index in [4.69, 9.17) is 27.9 Å². The SMILES string of the molecule is CCCCC(=O)NC(C)c1nnc(SCc2cccc(OC)c2)n1-c1cc(Cl)ccc1Cl. The number of unbranched alkanes of at least 4 members (excludes halogenated alkanes) is 1. The summed E-state index contributed by atoms with van der Waals surface area (Å²) in [4.78, 5) is 12.3. The highest BCUT2D eigenvalue weighted by atomic mass is 35.5. The van der Waals surface area contributed by atoms with Gasteiger partial charge in [-0.3, -0.25) is 9.36 Å². The number of ether oxygens (including phenoxy) is 1.